The molecule has 11 heavy (non-hydrogen) atoms. The first-order chi connectivity index (χ1) is 5.33. The first-order valence-electron chi connectivity index (χ1n) is 3.17. The van der Waals surface area contributed by atoms with Crippen LogP contribution in [-0.4, -0.2) is 6.17 Å². The molecular weight excluding hydrogens is 144 g/mol. The summed E-state index contributed by atoms with van der Waals surface area (Å²) < 4.78 is 4.96. The van der Waals surface area contributed by atoms with Crippen LogP contribution in [0.15, 0.2) is 27.9 Å². The van der Waals surface area contributed by atoms with Gasteiger partial charge in [-0.1, -0.05) is 5.11 Å². The summed E-state index contributed by atoms with van der Waals surface area (Å²) in [7, 11) is 0. The number of nitrogens with zero attached hydrogens (tertiary/aromatic N) is 3. The molecule has 0 aliphatic carbocycles. The summed E-state index contributed by atoms with van der Waals surface area (Å²) in [6, 6.07) is 3.51. The van der Waals surface area contributed by atoms with Gasteiger partial charge in [-0.15, -0.1) is 0 Å². The van der Waals surface area contributed by atoms with Gasteiger partial charge < -0.3 is 9.73 Å². The van der Waals surface area contributed by atoms with Gasteiger partial charge in [0.2, 0.25) is 0 Å². The summed E-state index contributed by atoms with van der Waals surface area (Å²) in [5.41, 5.74) is 8.05. The van der Waals surface area contributed by atoms with Crippen molar-refractivity contribution in [3.63, 3.8) is 0 Å². The van der Waals surface area contributed by atoms with Crippen LogP contribution in [0.25, 0.3) is 10.4 Å². The number of hydrogen-bond acceptors (Lipinski definition) is 3. The molecule has 0 spiro atoms. The Kier molecular flexibility index (Phi) is 2.41. The van der Waals surface area contributed by atoms with Crippen LogP contribution in [0, 0.1) is 0 Å². The average molecular weight is 152 g/mol. The lowest BCUT2D eigenvalue weighted by Gasteiger charge is -2.03. The van der Waals surface area contributed by atoms with E-state index in [2.05, 4.69) is 15.3 Å². The molecule has 0 aliphatic rings. The molecule has 1 atom stereocenters. The normalized spacial score (nSPS) is 11.7. The van der Waals surface area contributed by atoms with Crippen LogP contribution in [0.1, 0.15) is 6.92 Å². The molecule has 1 heterocycles. The van der Waals surface area contributed by atoms with Crippen molar-refractivity contribution in [1.82, 2.24) is 0 Å². The van der Waals surface area contributed by atoms with E-state index >= 15 is 0 Å². The van der Waals surface area contributed by atoms with Gasteiger partial charge in [0.15, 0.2) is 5.88 Å². The standard InChI is InChI=1S/C6H8N4O/c1-5(9-10-7)8-6-3-2-4-11-6/h2-5,8H,1H3. The maximum atomic E-state index is 8.05. The number of anilines is 1. The number of azide groups is 1. The van der Waals surface area contributed by atoms with Crippen LogP contribution in [0.3, 0.4) is 0 Å². The predicted octanol–water partition coefficient (Wildman–Crippen LogP) is 2.35. The third-order valence-corrected chi connectivity index (χ3v) is 1.10. The molecule has 5 nitrogen and oxygen atoms in total. The van der Waals surface area contributed by atoms with E-state index in [9.17, 15) is 0 Å². The highest BCUT2D eigenvalue weighted by atomic mass is 16.3. The molecule has 1 N–H and O–H groups in total. The fourth-order valence-electron chi connectivity index (χ4n) is 0.673. The Bertz CT molecular complexity index is 250. The summed E-state index contributed by atoms with van der Waals surface area (Å²) in [6.07, 6.45) is 1.26. The van der Waals surface area contributed by atoms with E-state index in [0.717, 1.165) is 0 Å². The summed E-state index contributed by atoms with van der Waals surface area (Å²) in [5.74, 6) is 0.602. The second-order valence-corrected chi connectivity index (χ2v) is 2.00. The minimum atomic E-state index is -0.286. The maximum Gasteiger partial charge on any atom is 0.192 e. The van der Waals surface area contributed by atoms with Crippen molar-refractivity contribution < 1.29 is 4.42 Å². The van der Waals surface area contributed by atoms with Crippen molar-refractivity contribution in [2.75, 3.05) is 5.32 Å². The first kappa shape index (κ1) is 7.50. The van der Waals surface area contributed by atoms with Crippen LogP contribution >= 0.6 is 0 Å². The molecule has 0 amide bonds. The Morgan fingerprint density at radius 2 is 2.64 bits per heavy atom. The Morgan fingerprint density at radius 1 is 1.82 bits per heavy atom. The molecular formula is C6H8N4O. The summed E-state index contributed by atoms with van der Waals surface area (Å²) >= 11 is 0. The zero-order chi connectivity index (χ0) is 8.10. The van der Waals surface area contributed by atoms with Gasteiger partial charge in [0, 0.05) is 11.0 Å². The van der Waals surface area contributed by atoms with Gasteiger partial charge in [0.05, 0.1) is 6.26 Å². The number of hydrogen-bond donors (Lipinski definition) is 1. The van der Waals surface area contributed by atoms with Gasteiger partial charge in [-0.25, -0.2) is 0 Å². The van der Waals surface area contributed by atoms with Gasteiger partial charge in [-0.2, -0.15) is 0 Å². The van der Waals surface area contributed by atoms with Crippen LogP contribution < -0.4 is 5.32 Å². The van der Waals surface area contributed by atoms with E-state index in [0.29, 0.717) is 5.88 Å². The molecule has 1 rings (SSSR count). The van der Waals surface area contributed by atoms with Crippen molar-refractivity contribution in [1.29, 1.82) is 0 Å². The Morgan fingerprint density at radius 3 is 3.18 bits per heavy atom. The highest BCUT2D eigenvalue weighted by Crippen LogP contribution is 2.08. The van der Waals surface area contributed by atoms with Crippen molar-refractivity contribution in [3.8, 4) is 0 Å². The smallest absolute Gasteiger partial charge is 0.192 e. The summed E-state index contributed by atoms with van der Waals surface area (Å²) in [6.45, 7) is 1.74. The van der Waals surface area contributed by atoms with E-state index in [1.165, 1.54) is 0 Å². The summed E-state index contributed by atoms with van der Waals surface area (Å²) in [4.78, 5) is 2.64. The molecule has 1 unspecified atom stereocenters. The lowest BCUT2D eigenvalue weighted by Crippen LogP contribution is -2.09. The van der Waals surface area contributed by atoms with Gasteiger partial charge in [0.25, 0.3) is 0 Å². The molecule has 58 valence electrons. The molecule has 1 aromatic heterocycles. The highest BCUT2D eigenvalue weighted by Gasteiger charge is 1.98. The van der Waals surface area contributed by atoms with Gasteiger partial charge in [0.1, 0.15) is 6.17 Å². The van der Waals surface area contributed by atoms with Crippen LogP contribution in [0.5, 0.6) is 0 Å². The van der Waals surface area contributed by atoms with E-state index < -0.39 is 0 Å². The number of nitrogens with one attached hydrogen (secondary N) is 1. The number of furan rings is 1. The quantitative estimate of drug-likeness (QED) is 0.410. The van der Waals surface area contributed by atoms with Crippen LogP contribution in [-0.2, 0) is 0 Å². The molecule has 0 saturated heterocycles. The first-order valence-corrected chi connectivity index (χ1v) is 3.17. The second kappa shape index (κ2) is 3.53. The fourth-order valence-corrected chi connectivity index (χ4v) is 0.673. The fraction of sp³-hybridized carbons (Fsp3) is 0.333. The molecule has 0 radical (unpaired) electrons. The molecule has 0 aromatic carbocycles. The van der Waals surface area contributed by atoms with E-state index in [1.807, 2.05) is 0 Å². The Labute approximate surface area is 63.6 Å². The predicted molar refractivity (Wildman–Crippen MR) is 40.9 cm³/mol. The lowest BCUT2D eigenvalue weighted by molar-refractivity contribution is 0.570. The highest BCUT2D eigenvalue weighted by molar-refractivity contribution is 5.30. The molecule has 0 fully saturated rings. The molecule has 0 bridgehead atoms. The third-order valence-electron chi connectivity index (χ3n) is 1.10. The maximum absolute atomic E-state index is 8.05. The van der Waals surface area contributed by atoms with Crippen LogP contribution in [0.2, 0.25) is 0 Å². The number of rotatable bonds is 3. The topological polar surface area (TPSA) is 73.9 Å². The second-order valence-electron chi connectivity index (χ2n) is 2.00. The van der Waals surface area contributed by atoms with Gasteiger partial charge >= 0.3 is 0 Å². The lowest BCUT2D eigenvalue weighted by atomic mass is 10.5. The van der Waals surface area contributed by atoms with Crippen molar-refractivity contribution in [2.45, 2.75) is 13.1 Å². The molecule has 5 heteroatoms. The Hall–Kier alpha value is -1.61. The SMILES string of the molecule is CC(N=[N+]=[N-])Nc1ccco1. The van der Waals surface area contributed by atoms with E-state index in [1.54, 1.807) is 25.3 Å². The summed E-state index contributed by atoms with van der Waals surface area (Å²) in [5, 5.41) is 6.24. The van der Waals surface area contributed by atoms with Crippen molar-refractivity contribution >= 4 is 5.88 Å². The molecule has 0 saturated carbocycles. The van der Waals surface area contributed by atoms with E-state index in [4.69, 9.17) is 9.95 Å². The van der Waals surface area contributed by atoms with Crippen LogP contribution in [0.4, 0.5) is 5.88 Å². The van der Waals surface area contributed by atoms with Crippen molar-refractivity contribution in [2.24, 2.45) is 5.11 Å². The Balaban J connectivity index is 2.49. The monoisotopic (exact) mass is 152 g/mol. The van der Waals surface area contributed by atoms with Crippen molar-refractivity contribution in [3.05, 3.63) is 28.8 Å². The minimum absolute atomic E-state index is 0.286. The zero-order valence-electron chi connectivity index (χ0n) is 6.06. The largest absolute Gasteiger partial charge is 0.449 e. The zero-order valence-corrected chi connectivity index (χ0v) is 6.06. The minimum Gasteiger partial charge on any atom is -0.449 e. The molecule has 1 aromatic rings. The molecule has 0 aliphatic heterocycles. The van der Waals surface area contributed by atoms with Gasteiger partial charge in [-0.05, 0) is 18.5 Å². The van der Waals surface area contributed by atoms with E-state index in [-0.39, 0.29) is 6.17 Å². The third kappa shape index (κ3) is 2.23. The average Bonchev–Trinajstić information content (AvgIpc) is 2.40. The van der Waals surface area contributed by atoms with Gasteiger partial charge in [-0.3, -0.25) is 0 Å².